The van der Waals surface area contributed by atoms with E-state index in [1.165, 1.54) is 12.1 Å². The minimum Gasteiger partial charge on any atom is -0.356 e. The van der Waals surface area contributed by atoms with Gasteiger partial charge in [0.15, 0.2) is 11.8 Å². The average Bonchev–Trinajstić information content (AvgIpc) is 3.40. The maximum Gasteiger partial charge on any atom is 0.191 e. The molecule has 3 heterocycles. The predicted molar refractivity (Wildman–Crippen MR) is 118 cm³/mol. The van der Waals surface area contributed by atoms with Crippen LogP contribution < -0.4 is 10.6 Å². The molecular weight excluding hydrogens is 395 g/mol. The van der Waals surface area contributed by atoms with Crippen molar-refractivity contribution in [1.29, 1.82) is 0 Å². The summed E-state index contributed by atoms with van der Waals surface area (Å²) >= 11 is 0. The molecular formula is C22H29FN8. The maximum atomic E-state index is 13.1. The molecule has 0 amide bonds. The Morgan fingerprint density at radius 3 is 2.77 bits per heavy atom. The Hall–Kier alpha value is -3.23. The summed E-state index contributed by atoms with van der Waals surface area (Å²) < 4.78 is 16.9. The van der Waals surface area contributed by atoms with Gasteiger partial charge in [0.05, 0.1) is 17.9 Å². The Morgan fingerprint density at radius 2 is 2.03 bits per heavy atom. The van der Waals surface area contributed by atoms with E-state index in [2.05, 4.69) is 44.7 Å². The Kier molecular flexibility index (Phi) is 6.29. The van der Waals surface area contributed by atoms with Crippen LogP contribution in [0.25, 0.3) is 5.69 Å². The Bertz CT molecular complexity index is 1030. The molecule has 3 aromatic rings. The second-order valence-electron chi connectivity index (χ2n) is 8.08. The molecule has 1 aromatic carbocycles. The van der Waals surface area contributed by atoms with Crippen molar-refractivity contribution in [3.8, 4) is 5.69 Å². The van der Waals surface area contributed by atoms with Crippen molar-refractivity contribution < 1.29 is 4.39 Å². The molecule has 9 heteroatoms. The number of aliphatic imine (C=N–C) groups is 1. The van der Waals surface area contributed by atoms with Crippen LogP contribution in [0.3, 0.4) is 0 Å². The summed E-state index contributed by atoms with van der Waals surface area (Å²) in [6, 6.07) is 8.53. The van der Waals surface area contributed by atoms with Gasteiger partial charge in [-0.1, -0.05) is 13.8 Å². The molecule has 2 N–H and O–H groups in total. The van der Waals surface area contributed by atoms with Gasteiger partial charge < -0.3 is 10.6 Å². The third kappa shape index (κ3) is 5.10. The monoisotopic (exact) mass is 424 g/mol. The number of aryl methyl sites for hydroxylation is 1. The zero-order valence-corrected chi connectivity index (χ0v) is 18.2. The first kappa shape index (κ1) is 21.0. The van der Waals surface area contributed by atoms with Crippen LogP contribution in [0, 0.1) is 5.82 Å². The number of nitrogens with one attached hydrogen (secondary N) is 2. The summed E-state index contributed by atoms with van der Waals surface area (Å²) in [5, 5.41) is 16.1. The molecule has 31 heavy (non-hydrogen) atoms. The first-order chi connectivity index (χ1) is 15.0. The van der Waals surface area contributed by atoms with E-state index >= 15 is 0 Å². The highest BCUT2D eigenvalue weighted by atomic mass is 19.1. The number of benzene rings is 1. The van der Waals surface area contributed by atoms with E-state index in [1.807, 2.05) is 16.9 Å². The lowest BCUT2D eigenvalue weighted by molar-refractivity contribution is 0.391. The highest BCUT2D eigenvalue weighted by molar-refractivity contribution is 5.79. The van der Waals surface area contributed by atoms with Crippen molar-refractivity contribution in [2.45, 2.75) is 51.6 Å². The summed E-state index contributed by atoms with van der Waals surface area (Å²) in [7, 11) is 1.78. The van der Waals surface area contributed by atoms with Crippen LogP contribution in [0.1, 0.15) is 43.5 Å². The van der Waals surface area contributed by atoms with Crippen LogP contribution in [0.4, 0.5) is 4.39 Å². The molecule has 0 bridgehead atoms. The quantitative estimate of drug-likeness (QED) is 0.469. The first-order valence-electron chi connectivity index (χ1n) is 10.7. The maximum absolute atomic E-state index is 13.1. The Balaban J connectivity index is 1.27. The molecule has 0 aliphatic carbocycles. The van der Waals surface area contributed by atoms with E-state index < -0.39 is 0 Å². The number of guanidine groups is 1. The molecule has 164 valence electrons. The normalized spacial score (nSPS) is 16.4. The van der Waals surface area contributed by atoms with E-state index in [9.17, 15) is 4.39 Å². The van der Waals surface area contributed by atoms with Crippen molar-refractivity contribution in [2.24, 2.45) is 4.99 Å². The van der Waals surface area contributed by atoms with Crippen molar-refractivity contribution in [1.82, 2.24) is 35.2 Å². The van der Waals surface area contributed by atoms with Crippen molar-refractivity contribution in [3.05, 3.63) is 59.7 Å². The summed E-state index contributed by atoms with van der Waals surface area (Å²) in [4.78, 5) is 9.00. The molecule has 0 fully saturated rings. The van der Waals surface area contributed by atoms with Gasteiger partial charge in [-0.2, -0.15) is 10.2 Å². The lowest BCUT2D eigenvalue weighted by Gasteiger charge is -2.25. The number of hydrogen-bond acceptors (Lipinski definition) is 4. The van der Waals surface area contributed by atoms with Crippen LogP contribution in [0.2, 0.25) is 0 Å². The molecule has 0 spiro atoms. The number of nitrogens with zero attached hydrogens (tertiary/aromatic N) is 6. The van der Waals surface area contributed by atoms with E-state index in [4.69, 9.17) is 0 Å². The number of rotatable bonds is 6. The van der Waals surface area contributed by atoms with Gasteiger partial charge in [-0.15, -0.1) is 0 Å². The van der Waals surface area contributed by atoms with Gasteiger partial charge in [0.25, 0.3) is 0 Å². The summed E-state index contributed by atoms with van der Waals surface area (Å²) in [5.41, 5.74) is 1.79. The van der Waals surface area contributed by atoms with Crippen molar-refractivity contribution in [2.75, 3.05) is 13.6 Å². The zero-order chi connectivity index (χ0) is 21.8. The molecule has 1 unspecified atom stereocenters. The van der Waals surface area contributed by atoms with Crippen LogP contribution in [0.5, 0.6) is 0 Å². The number of halogens is 1. The van der Waals surface area contributed by atoms with Crippen molar-refractivity contribution in [3.63, 3.8) is 0 Å². The minimum absolute atomic E-state index is 0.252. The lowest BCUT2D eigenvalue weighted by atomic mass is 10.1. The van der Waals surface area contributed by atoms with Gasteiger partial charge >= 0.3 is 0 Å². The molecule has 1 aliphatic heterocycles. The van der Waals surface area contributed by atoms with E-state index in [1.54, 1.807) is 23.9 Å². The minimum atomic E-state index is -0.252. The molecule has 0 radical (unpaired) electrons. The summed E-state index contributed by atoms with van der Waals surface area (Å²) in [5.74, 6) is 2.85. The summed E-state index contributed by atoms with van der Waals surface area (Å²) in [6.45, 7) is 5.73. The SMILES string of the molecule is CN=C(NCCc1ccn(-c2ccc(F)cc2)n1)NC1CCc2nc(C(C)C)nn2C1. The molecule has 4 rings (SSSR count). The fourth-order valence-corrected chi connectivity index (χ4v) is 3.62. The average molecular weight is 425 g/mol. The summed E-state index contributed by atoms with van der Waals surface area (Å²) in [6.07, 6.45) is 4.55. The van der Waals surface area contributed by atoms with E-state index in [0.29, 0.717) is 12.5 Å². The molecule has 0 saturated heterocycles. The number of fused-ring (bicyclic) bond motifs is 1. The van der Waals surface area contributed by atoms with Gasteiger partial charge in [-0.05, 0) is 36.8 Å². The molecule has 0 saturated carbocycles. The fraction of sp³-hybridized carbons (Fsp3) is 0.455. The predicted octanol–water partition coefficient (Wildman–Crippen LogP) is 2.45. The topological polar surface area (TPSA) is 84.9 Å². The highest BCUT2D eigenvalue weighted by Gasteiger charge is 2.23. The van der Waals surface area contributed by atoms with Gasteiger partial charge in [-0.25, -0.2) is 18.7 Å². The third-order valence-electron chi connectivity index (χ3n) is 5.36. The fourth-order valence-electron chi connectivity index (χ4n) is 3.62. The lowest BCUT2D eigenvalue weighted by Crippen LogP contribution is -2.47. The molecule has 1 atom stereocenters. The Morgan fingerprint density at radius 1 is 1.23 bits per heavy atom. The van der Waals surface area contributed by atoms with Gasteiger partial charge in [0.1, 0.15) is 11.6 Å². The molecule has 8 nitrogen and oxygen atoms in total. The highest BCUT2D eigenvalue weighted by Crippen LogP contribution is 2.17. The van der Waals surface area contributed by atoms with E-state index in [0.717, 1.165) is 54.8 Å². The Labute approximate surface area is 181 Å². The van der Waals surface area contributed by atoms with Gasteiger partial charge in [0.2, 0.25) is 0 Å². The van der Waals surface area contributed by atoms with E-state index in [-0.39, 0.29) is 11.9 Å². The van der Waals surface area contributed by atoms with Crippen LogP contribution in [-0.2, 0) is 19.4 Å². The third-order valence-corrected chi connectivity index (χ3v) is 5.36. The first-order valence-corrected chi connectivity index (χ1v) is 10.7. The second-order valence-corrected chi connectivity index (χ2v) is 8.08. The smallest absolute Gasteiger partial charge is 0.191 e. The van der Waals surface area contributed by atoms with Crippen LogP contribution in [-0.4, -0.2) is 50.1 Å². The van der Waals surface area contributed by atoms with Gasteiger partial charge in [-0.3, -0.25) is 4.99 Å². The van der Waals surface area contributed by atoms with Crippen molar-refractivity contribution >= 4 is 5.96 Å². The largest absolute Gasteiger partial charge is 0.356 e. The standard InChI is InChI=1S/C22H29FN8/c1-15(2)21-27-20-9-6-18(14-31(20)29-21)26-22(24-3)25-12-10-17-11-13-30(28-17)19-7-4-16(23)5-8-19/h4-5,7-8,11,13,15,18H,6,9-10,12,14H2,1-3H3,(H2,24,25,26). The van der Waals surface area contributed by atoms with Crippen LogP contribution >= 0.6 is 0 Å². The zero-order valence-electron chi connectivity index (χ0n) is 18.2. The number of hydrogen-bond donors (Lipinski definition) is 2. The van der Waals surface area contributed by atoms with Crippen LogP contribution in [0.15, 0.2) is 41.5 Å². The second kappa shape index (κ2) is 9.28. The van der Waals surface area contributed by atoms with Gasteiger partial charge in [0, 0.05) is 44.6 Å². The molecule has 1 aliphatic rings. The number of aromatic nitrogens is 5. The molecule has 2 aromatic heterocycles.